The van der Waals surface area contributed by atoms with Gasteiger partial charge in [-0.25, -0.2) is 9.78 Å². The van der Waals surface area contributed by atoms with E-state index in [-0.39, 0.29) is 23.5 Å². The molecule has 35 heavy (non-hydrogen) atoms. The fraction of sp³-hybridized carbons (Fsp3) is 0.481. The van der Waals surface area contributed by atoms with Crippen molar-refractivity contribution < 1.29 is 14.3 Å². The minimum Gasteiger partial charge on any atom is -0.462 e. The summed E-state index contributed by atoms with van der Waals surface area (Å²) in [6, 6.07) is 5.89. The molecule has 0 aliphatic heterocycles. The molecule has 2 aromatic heterocycles. The average molecular weight is 496 g/mol. The third-order valence-corrected chi connectivity index (χ3v) is 8.05. The monoisotopic (exact) mass is 495 g/mol. The van der Waals surface area contributed by atoms with Crippen LogP contribution in [0.5, 0.6) is 0 Å². The number of nitrogens with one attached hydrogen (secondary N) is 1. The number of aromatic nitrogens is 2. The van der Waals surface area contributed by atoms with Crippen molar-refractivity contribution in [2.45, 2.75) is 66.3 Å². The Morgan fingerprint density at radius 2 is 2.06 bits per heavy atom. The van der Waals surface area contributed by atoms with Crippen LogP contribution in [0.1, 0.15) is 74.3 Å². The molecule has 0 saturated heterocycles. The largest absolute Gasteiger partial charge is 0.462 e. The second-order valence-corrected chi connectivity index (χ2v) is 11.2. The molecule has 0 fully saturated rings. The van der Waals surface area contributed by atoms with E-state index < -0.39 is 12.0 Å². The van der Waals surface area contributed by atoms with Crippen molar-refractivity contribution in [2.75, 3.05) is 11.9 Å². The van der Waals surface area contributed by atoms with Crippen LogP contribution in [0.4, 0.5) is 5.69 Å². The van der Waals surface area contributed by atoms with Crippen LogP contribution in [-0.4, -0.2) is 28.0 Å². The van der Waals surface area contributed by atoms with Crippen LogP contribution in [-0.2, 0) is 22.4 Å². The number of nitrogens with zero attached hydrogens (tertiary/aromatic N) is 2. The number of aryl methyl sites for hydroxylation is 1. The van der Waals surface area contributed by atoms with Crippen molar-refractivity contribution in [3.63, 3.8) is 0 Å². The Kier molecular flexibility index (Phi) is 7.12. The molecule has 2 unspecified atom stereocenters. The van der Waals surface area contributed by atoms with E-state index in [1.165, 1.54) is 15.8 Å². The number of hydrogen-bond donors (Lipinski definition) is 1. The van der Waals surface area contributed by atoms with Crippen LogP contribution in [0.2, 0.25) is 0 Å². The van der Waals surface area contributed by atoms with E-state index >= 15 is 0 Å². The van der Waals surface area contributed by atoms with Crippen molar-refractivity contribution in [1.82, 2.24) is 9.55 Å². The molecule has 0 saturated carbocycles. The van der Waals surface area contributed by atoms with Gasteiger partial charge >= 0.3 is 5.97 Å². The molecule has 3 aromatic rings. The van der Waals surface area contributed by atoms with Crippen LogP contribution >= 0.6 is 11.3 Å². The van der Waals surface area contributed by atoms with Gasteiger partial charge in [0, 0.05) is 10.6 Å². The van der Waals surface area contributed by atoms with Crippen LogP contribution < -0.4 is 10.9 Å². The summed E-state index contributed by atoms with van der Waals surface area (Å²) >= 11 is 1.61. The maximum absolute atomic E-state index is 13.6. The molecule has 7 nitrogen and oxygen atoms in total. The Morgan fingerprint density at radius 3 is 2.74 bits per heavy atom. The van der Waals surface area contributed by atoms with Gasteiger partial charge in [-0.1, -0.05) is 33.8 Å². The number of amides is 1. The zero-order valence-electron chi connectivity index (χ0n) is 21.0. The molecule has 0 spiro atoms. The zero-order chi connectivity index (χ0) is 25.3. The molecule has 1 N–H and O–H groups in total. The lowest BCUT2D eigenvalue weighted by molar-refractivity contribution is -0.119. The minimum absolute atomic E-state index is 0.163. The SMILES string of the molecule is CCOC(=O)c1cccc(NC(=O)C(CC)n2cnc3sc4c(c3c2=O)CCC(C(C)(C)C)C4)c1. The first-order chi connectivity index (χ1) is 16.6. The summed E-state index contributed by atoms with van der Waals surface area (Å²) in [6.45, 7) is 10.7. The van der Waals surface area contributed by atoms with E-state index in [1.54, 1.807) is 42.5 Å². The summed E-state index contributed by atoms with van der Waals surface area (Å²) < 4.78 is 6.50. The molecule has 0 bridgehead atoms. The molecule has 4 rings (SSSR count). The number of carbonyl (C=O) groups is 2. The van der Waals surface area contributed by atoms with Gasteiger partial charge in [-0.2, -0.15) is 0 Å². The standard InChI is InChI=1S/C27H33N3O4S/c1-6-20(23(31)29-18-10-8-9-16(13-18)26(33)34-7-2)30-15-28-24-22(25(30)32)19-12-11-17(27(3,4)5)14-21(19)35-24/h8-10,13,15,17,20H,6-7,11-12,14H2,1-5H3,(H,29,31). The maximum Gasteiger partial charge on any atom is 0.338 e. The lowest BCUT2D eigenvalue weighted by Gasteiger charge is -2.33. The maximum atomic E-state index is 13.6. The minimum atomic E-state index is -0.716. The van der Waals surface area contributed by atoms with Crippen LogP contribution in [0.3, 0.4) is 0 Å². The topological polar surface area (TPSA) is 90.3 Å². The number of benzene rings is 1. The van der Waals surface area contributed by atoms with Gasteiger partial charge < -0.3 is 10.1 Å². The summed E-state index contributed by atoms with van der Waals surface area (Å²) in [5.74, 6) is -0.198. The molecule has 8 heteroatoms. The van der Waals surface area contributed by atoms with Crippen molar-refractivity contribution in [1.29, 1.82) is 0 Å². The third-order valence-electron chi connectivity index (χ3n) is 6.89. The number of ether oxygens (including phenoxy) is 1. The molecule has 186 valence electrons. The van der Waals surface area contributed by atoms with Crippen LogP contribution in [0.25, 0.3) is 10.2 Å². The lowest BCUT2D eigenvalue weighted by atomic mass is 9.72. The highest BCUT2D eigenvalue weighted by Crippen LogP contribution is 2.42. The van der Waals surface area contributed by atoms with Gasteiger partial charge in [0.1, 0.15) is 10.9 Å². The number of fused-ring (bicyclic) bond motifs is 3. The highest BCUT2D eigenvalue weighted by Gasteiger charge is 2.32. The predicted octanol–water partition coefficient (Wildman–Crippen LogP) is 5.38. The van der Waals surface area contributed by atoms with Gasteiger partial charge in [-0.15, -0.1) is 11.3 Å². The highest BCUT2D eigenvalue weighted by atomic mass is 32.1. The first kappa shape index (κ1) is 25.1. The Hall–Kier alpha value is -3.00. The highest BCUT2D eigenvalue weighted by molar-refractivity contribution is 7.18. The molecule has 2 heterocycles. The smallest absolute Gasteiger partial charge is 0.338 e. The quantitative estimate of drug-likeness (QED) is 0.464. The normalized spacial score (nSPS) is 16.5. The Labute approximate surface area is 209 Å². The van der Waals surface area contributed by atoms with Crippen LogP contribution in [0, 0.1) is 11.3 Å². The summed E-state index contributed by atoms with van der Waals surface area (Å²) in [7, 11) is 0. The van der Waals surface area contributed by atoms with Crippen molar-refractivity contribution in [3.8, 4) is 0 Å². The van der Waals surface area contributed by atoms with E-state index in [2.05, 4.69) is 31.1 Å². The molecule has 1 amide bonds. The molecular formula is C27H33N3O4S. The number of thiophene rings is 1. The fourth-order valence-electron chi connectivity index (χ4n) is 4.81. The molecule has 1 aromatic carbocycles. The summed E-state index contributed by atoms with van der Waals surface area (Å²) in [5, 5.41) is 3.51. The molecule has 2 atom stereocenters. The Balaban J connectivity index is 1.62. The molecule has 1 aliphatic carbocycles. The van der Waals surface area contributed by atoms with E-state index in [9.17, 15) is 14.4 Å². The van der Waals surface area contributed by atoms with Crippen LogP contribution in [0.15, 0.2) is 35.4 Å². The van der Waals surface area contributed by atoms with E-state index in [0.29, 0.717) is 29.0 Å². The lowest BCUT2D eigenvalue weighted by Crippen LogP contribution is -2.33. The summed E-state index contributed by atoms with van der Waals surface area (Å²) in [4.78, 5) is 45.4. The number of hydrogen-bond acceptors (Lipinski definition) is 6. The predicted molar refractivity (Wildman–Crippen MR) is 139 cm³/mol. The second-order valence-electron chi connectivity index (χ2n) is 10.2. The van der Waals surface area contributed by atoms with Gasteiger partial charge in [0.05, 0.1) is 23.9 Å². The van der Waals surface area contributed by atoms with Crippen molar-refractivity contribution in [2.24, 2.45) is 11.3 Å². The van der Waals surface area contributed by atoms with E-state index in [0.717, 1.165) is 29.7 Å². The van der Waals surface area contributed by atoms with Crippen molar-refractivity contribution in [3.05, 3.63) is 57.0 Å². The van der Waals surface area contributed by atoms with Gasteiger partial charge in [0.2, 0.25) is 5.91 Å². The molecular weight excluding hydrogens is 462 g/mol. The summed E-state index contributed by atoms with van der Waals surface area (Å²) in [6.07, 6.45) is 4.80. The second kappa shape index (κ2) is 9.93. The van der Waals surface area contributed by atoms with Crippen molar-refractivity contribution >= 4 is 39.1 Å². The van der Waals surface area contributed by atoms with Gasteiger partial charge in [0.25, 0.3) is 5.56 Å². The third kappa shape index (κ3) is 5.03. The van der Waals surface area contributed by atoms with Gasteiger partial charge in [-0.05, 0) is 67.7 Å². The average Bonchev–Trinajstić information content (AvgIpc) is 3.19. The number of rotatable bonds is 6. The van der Waals surface area contributed by atoms with E-state index in [1.807, 2.05) is 6.92 Å². The zero-order valence-corrected chi connectivity index (χ0v) is 21.8. The van der Waals surface area contributed by atoms with E-state index in [4.69, 9.17) is 4.74 Å². The summed E-state index contributed by atoms with van der Waals surface area (Å²) in [5.41, 5.74) is 2.00. The number of carbonyl (C=O) groups excluding carboxylic acids is 2. The van der Waals surface area contributed by atoms with Gasteiger partial charge in [0.15, 0.2) is 0 Å². The Morgan fingerprint density at radius 1 is 1.29 bits per heavy atom. The number of esters is 1. The molecule has 0 radical (unpaired) electrons. The Bertz CT molecular complexity index is 1320. The first-order valence-electron chi connectivity index (χ1n) is 12.2. The number of anilines is 1. The molecule has 1 aliphatic rings. The van der Waals surface area contributed by atoms with Gasteiger partial charge in [-0.3, -0.25) is 14.2 Å². The fourth-order valence-corrected chi connectivity index (χ4v) is 6.07. The first-order valence-corrected chi connectivity index (χ1v) is 13.0.